The summed E-state index contributed by atoms with van der Waals surface area (Å²) in [6.07, 6.45) is 4.77. The van der Waals surface area contributed by atoms with Gasteiger partial charge in [0, 0.05) is 19.6 Å². The molecular weight excluding hydrogens is 274 g/mol. The maximum absolute atomic E-state index is 12.3. The van der Waals surface area contributed by atoms with Crippen LogP contribution in [0.5, 0.6) is 0 Å². The Balaban J connectivity index is 1.56. The van der Waals surface area contributed by atoms with Crippen LogP contribution in [0.4, 0.5) is 4.79 Å². The summed E-state index contributed by atoms with van der Waals surface area (Å²) in [4.78, 5) is 37.3. The van der Waals surface area contributed by atoms with Gasteiger partial charge in [-0.15, -0.1) is 0 Å². The van der Waals surface area contributed by atoms with E-state index in [0.29, 0.717) is 19.4 Å². The molecule has 3 saturated heterocycles. The van der Waals surface area contributed by atoms with Crippen LogP contribution in [0.15, 0.2) is 0 Å². The zero-order valence-corrected chi connectivity index (χ0v) is 12.0. The summed E-state index contributed by atoms with van der Waals surface area (Å²) in [6.45, 7) is 1.71. The van der Waals surface area contributed by atoms with Crippen LogP contribution in [-0.4, -0.2) is 54.1 Å². The third-order valence-electron chi connectivity index (χ3n) is 4.56. The molecule has 3 rings (SSSR count). The number of nitrogens with one attached hydrogen (secondary N) is 2. The molecule has 0 saturated carbocycles. The molecule has 0 aromatic heterocycles. The molecule has 7 heteroatoms. The quantitative estimate of drug-likeness (QED) is 0.725. The number of rotatable bonds is 3. The fourth-order valence-electron chi connectivity index (χ4n) is 3.40. The minimum atomic E-state index is -0.922. The number of ether oxygens (including phenoxy) is 1. The topological polar surface area (TPSA) is 87.7 Å². The van der Waals surface area contributed by atoms with E-state index >= 15 is 0 Å². The summed E-state index contributed by atoms with van der Waals surface area (Å²) in [7, 11) is 0. The first-order chi connectivity index (χ1) is 10.1. The van der Waals surface area contributed by atoms with Gasteiger partial charge in [-0.1, -0.05) is 0 Å². The molecule has 21 heavy (non-hydrogen) atoms. The van der Waals surface area contributed by atoms with Gasteiger partial charge >= 0.3 is 6.03 Å². The number of hydrogen-bond acceptors (Lipinski definition) is 4. The van der Waals surface area contributed by atoms with Gasteiger partial charge in [-0.3, -0.25) is 14.9 Å². The van der Waals surface area contributed by atoms with Crippen LogP contribution in [-0.2, 0) is 14.3 Å². The summed E-state index contributed by atoms with van der Waals surface area (Å²) < 4.78 is 5.52. The molecule has 2 N–H and O–H groups in total. The molecule has 3 aliphatic heterocycles. The Morgan fingerprint density at radius 3 is 2.90 bits per heavy atom. The normalized spacial score (nSPS) is 32.4. The van der Waals surface area contributed by atoms with Crippen molar-refractivity contribution in [2.45, 2.75) is 50.2 Å². The number of carbonyl (C=O) groups excluding carboxylic acids is 3. The minimum absolute atomic E-state index is 0.0403. The van der Waals surface area contributed by atoms with E-state index in [2.05, 4.69) is 10.6 Å². The third kappa shape index (κ3) is 2.88. The van der Waals surface area contributed by atoms with Crippen LogP contribution in [0, 0.1) is 0 Å². The Hall–Kier alpha value is -1.63. The molecule has 2 atom stereocenters. The highest BCUT2D eigenvalue weighted by Crippen LogP contribution is 2.25. The van der Waals surface area contributed by atoms with E-state index in [1.54, 1.807) is 4.90 Å². The van der Waals surface area contributed by atoms with E-state index in [-0.39, 0.29) is 24.5 Å². The molecule has 0 aliphatic carbocycles. The number of imide groups is 1. The largest absolute Gasteiger partial charge is 0.378 e. The highest BCUT2D eigenvalue weighted by atomic mass is 16.5. The Morgan fingerprint density at radius 1 is 1.38 bits per heavy atom. The molecule has 3 fully saturated rings. The number of piperidine rings is 1. The van der Waals surface area contributed by atoms with Gasteiger partial charge in [-0.25, -0.2) is 4.79 Å². The van der Waals surface area contributed by atoms with Gasteiger partial charge in [0.25, 0.3) is 5.91 Å². The third-order valence-corrected chi connectivity index (χ3v) is 4.56. The molecule has 0 bridgehead atoms. The molecule has 3 aliphatic rings. The highest BCUT2D eigenvalue weighted by molar-refractivity contribution is 6.07. The van der Waals surface area contributed by atoms with Crippen LogP contribution in [0.1, 0.15) is 38.5 Å². The zero-order valence-electron chi connectivity index (χ0n) is 12.0. The van der Waals surface area contributed by atoms with Gasteiger partial charge in [0.05, 0.1) is 12.6 Å². The monoisotopic (exact) mass is 295 g/mol. The molecule has 7 nitrogen and oxygen atoms in total. The van der Waals surface area contributed by atoms with Crippen molar-refractivity contribution in [3.05, 3.63) is 0 Å². The Morgan fingerprint density at radius 2 is 2.24 bits per heavy atom. The molecule has 2 unspecified atom stereocenters. The van der Waals surface area contributed by atoms with Gasteiger partial charge < -0.3 is 15.0 Å². The van der Waals surface area contributed by atoms with Crippen LogP contribution in [0.2, 0.25) is 0 Å². The lowest BCUT2D eigenvalue weighted by molar-refractivity contribution is -0.136. The summed E-state index contributed by atoms with van der Waals surface area (Å²) in [6, 6.07) is -0.464. The van der Waals surface area contributed by atoms with Crippen LogP contribution >= 0.6 is 0 Å². The maximum atomic E-state index is 12.3. The average molecular weight is 295 g/mol. The molecule has 3 heterocycles. The van der Waals surface area contributed by atoms with Crippen molar-refractivity contribution >= 4 is 17.8 Å². The molecule has 4 amide bonds. The minimum Gasteiger partial charge on any atom is -0.378 e. The molecule has 0 radical (unpaired) electrons. The van der Waals surface area contributed by atoms with Crippen molar-refractivity contribution in [2.24, 2.45) is 0 Å². The van der Waals surface area contributed by atoms with Crippen molar-refractivity contribution in [1.82, 2.24) is 15.5 Å². The van der Waals surface area contributed by atoms with Crippen LogP contribution in [0.3, 0.4) is 0 Å². The van der Waals surface area contributed by atoms with Crippen molar-refractivity contribution in [3.63, 3.8) is 0 Å². The van der Waals surface area contributed by atoms with Gasteiger partial charge in [-0.2, -0.15) is 0 Å². The first kappa shape index (κ1) is 14.3. The predicted octanol–water partition coefficient (Wildman–Crippen LogP) is 0.146. The predicted molar refractivity (Wildman–Crippen MR) is 73.4 cm³/mol. The maximum Gasteiger partial charge on any atom is 0.322 e. The molecule has 116 valence electrons. The lowest BCUT2D eigenvalue weighted by Gasteiger charge is -2.38. The van der Waals surface area contributed by atoms with Crippen molar-refractivity contribution in [3.8, 4) is 0 Å². The second kappa shape index (κ2) is 5.63. The lowest BCUT2D eigenvalue weighted by Crippen LogP contribution is -2.59. The van der Waals surface area contributed by atoms with Gasteiger partial charge in [0.2, 0.25) is 5.91 Å². The number of hydrogen-bond donors (Lipinski definition) is 2. The van der Waals surface area contributed by atoms with Gasteiger partial charge in [0.15, 0.2) is 0 Å². The SMILES string of the molecule is O=C1NC(=O)C2(CCCN(C(=O)CCC3CCCO3)C2)N1. The highest BCUT2D eigenvalue weighted by Gasteiger charge is 2.49. The summed E-state index contributed by atoms with van der Waals surface area (Å²) in [5, 5.41) is 4.95. The number of carbonyl (C=O) groups is 3. The molecule has 1 spiro atoms. The van der Waals surface area contributed by atoms with Crippen molar-refractivity contribution < 1.29 is 19.1 Å². The second-order valence-corrected chi connectivity index (χ2v) is 6.08. The first-order valence-electron chi connectivity index (χ1n) is 7.62. The first-order valence-corrected chi connectivity index (χ1v) is 7.62. The summed E-state index contributed by atoms with van der Waals surface area (Å²) >= 11 is 0. The van der Waals surface area contributed by atoms with Crippen LogP contribution in [0.25, 0.3) is 0 Å². The summed E-state index contributed by atoms with van der Waals surface area (Å²) in [5.41, 5.74) is -0.922. The fourth-order valence-corrected chi connectivity index (χ4v) is 3.40. The Bertz CT molecular complexity index is 461. The van der Waals surface area contributed by atoms with E-state index in [1.165, 1.54) is 0 Å². The van der Waals surface area contributed by atoms with E-state index in [0.717, 1.165) is 32.3 Å². The smallest absolute Gasteiger partial charge is 0.322 e. The molecule has 0 aromatic carbocycles. The van der Waals surface area contributed by atoms with Gasteiger partial charge in [0.1, 0.15) is 5.54 Å². The van der Waals surface area contributed by atoms with E-state index < -0.39 is 11.6 Å². The van der Waals surface area contributed by atoms with E-state index in [4.69, 9.17) is 4.74 Å². The standard InChI is InChI=1S/C14H21N3O4/c18-11(5-4-10-3-1-8-21-10)17-7-2-6-14(9-17)12(19)15-13(20)16-14/h10H,1-9H2,(H2,15,16,19,20). The Kier molecular flexibility index (Phi) is 3.84. The average Bonchev–Trinajstić information content (AvgIpc) is 3.06. The molecular formula is C14H21N3O4. The number of urea groups is 1. The lowest BCUT2D eigenvalue weighted by atomic mass is 9.89. The zero-order chi connectivity index (χ0) is 14.9. The van der Waals surface area contributed by atoms with Crippen molar-refractivity contribution in [1.29, 1.82) is 0 Å². The van der Waals surface area contributed by atoms with E-state index in [1.807, 2.05) is 0 Å². The van der Waals surface area contributed by atoms with E-state index in [9.17, 15) is 14.4 Å². The number of likely N-dealkylation sites (tertiary alicyclic amines) is 1. The fraction of sp³-hybridized carbons (Fsp3) is 0.786. The number of nitrogens with zero attached hydrogens (tertiary/aromatic N) is 1. The number of amides is 4. The van der Waals surface area contributed by atoms with Crippen LogP contribution < -0.4 is 10.6 Å². The second-order valence-electron chi connectivity index (χ2n) is 6.08. The van der Waals surface area contributed by atoms with Gasteiger partial charge in [-0.05, 0) is 32.1 Å². The summed E-state index contributed by atoms with van der Waals surface area (Å²) in [5.74, 6) is -0.275. The molecule has 0 aromatic rings. The van der Waals surface area contributed by atoms with Crippen molar-refractivity contribution in [2.75, 3.05) is 19.7 Å². The Labute approximate surface area is 123 Å².